The van der Waals surface area contributed by atoms with E-state index in [0.717, 1.165) is 28.7 Å². The number of fused-ring (bicyclic) bond motifs is 1. The molecule has 7 nitrogen and oxygen atoms in total. The number of ether oxygens (including phenoxy) is 2. The van der Waals surface area contributed by atoms with Crippen LogP contribution in [-0.4, -0.2) is 40.2 Å². The molecule has 28 heavy (non-hydrogen) atoms. The third-order valence-electron chi connectivity index (χ3n) is 4.51. The van der Waals surface area contributed by atoms with E-state index in [2.05, 4.69) is 24.0 Å². The van der Waals surface area contributed by atoms with Crippen LogP contribution in [0.3, 0.4) is 0 Å². The molecule has 1 aliphatic rings. The van der Waals surface area contributed by atoms with Gasteiger partial charge in [-0.1, -0.05) is 17.4 Å². The second kappa shape index (κ2) is 8.02. The molecule has 1 aromatic carbocycles. The van der Waals surface area contributed by atoms with Crippen molar-refractivity contribution in [3.8, 4) is 0 Å². The maximum absolute atomic E-state index is 13.1. The highest BCUT2D eigenvalue weighted by Gasteiger charge is 2.26. The minimum atomic E-state index is -0.223. The smallest absolute Gasteiger partial charge is 0.298 e. The van der Waals surface area contributed by atoms with Gasteiger partial charge in [-0.25, -0.2) is 9.97 Å². The molecule has 8 heteroatoms. The Kier molecular flexibility index (Phi) is 5.29. The summed E-state index contributed by atoms with van der Waals surface area (Å²) in [6, 6.07) is 4.22. The lowest BCUT2D eigenvalue weighted by Gasteiger charge is -2.23. The van der Waals surface area contributed by atoms with E-state index in [9.17, 15) is 4.79 Å². The number of anilines is 1. The van der Waals surface area contributed by atoms with Gasteiger partial charge in [0.25, 0.3) is 5.91 Å². The topological polar surface area (TPSA) is 69.5 Å². The third-order valence-corrected chi connectivity index (χ3v) is 5.54. The second-order valence-corrected chi connectivity index (χ2v) is 7.75. The summed E-state index contributed by atoms with van der Waals surface area (Å²) in [4.78, 5) is 23.6. The zero-order chi connectivity index (χ0) is 19.5. The maximum atomic E-state index is 13.1. The number of aryl methyl sites for hydroxylation is 3. The standard InChI is InChI=1S/C20H22N4O3S/c1-14-10-15(2)18-17(11-14)28-20(22-18)24(6-3-5-23-7-4-21-13-23)19(25)16-12-26-8-9-27-16/h4,7,10-13H,3,5-6,8-9H2,1-2H3. The molecule has 1 amide bonds. The van der Waals surface area contributed by atoms with Crippen LogP contribution in [0.15, 0.2) is 42.9 Å². The summed E-state index contributed by atoms with van der Waals surface area (Å²) in [5, 5.41) is 0.675. The van der Waals surface area contributed by atoms with Crippen molar-refractivity contribution in [1.82, 2.24) is 14.5 Å². The van der Waals surface area contributed by atoms with Gasteiger partial charge in [0.05, 0.1) is 16.5 Å². The number of amides is 1. The summed E-state index contributed by atoms with van der Waals surface area (Å²) in [7, 11) is 0. The molecule has 0 bridgehead atoms. The fourth-order valence-electron chi connectivity index (χ4n) is 3.20. The molecule has 0 spiro atoms. The van der Waals surface area contributed by atoms with Crippen molar-refractivity contribution in [3.63, 3.8) is 0 Å². The van der Waals surface area contributed by atoms with Gasteiger partial charge in [-0.2, -0.15) is 0 Å². The van der Waals surface area contributed by atoms with Crippen LogP contribution in [0, 0.1) is 13.8 Å². The predicted octanol–water partition coefficient (Wildman–Crippen LogP) is 3.42. The Morgan fingerprint density at radius 2 is 2.21 bits per heavy atom. The third kappa shape index (κ3) is 3.87. The lowest BCUT2D eigenvalue weighted by Crippen LogP contribution is -2.35. The Bertz CT molecular complexity index is 1010. The maximum Gasteiger partial charge on any atom is 0.298 e. The van der Waals surface area contributed by atoms with Crippen LogP contribution in [0.4, 0.5) is 5.13 Å². The van der Waals surface area contributed by atoms with Crippen LogP contribution in [0.5, 0.6) is 0 Å². The largest absolute Gasteiger partial charge is 0.494 e. The Morgan fingerprint density at radius 3 is 2.96 bits per heavy atom. The number of imidazole rings is 1. The quantitative estimate of drug-likeness (QED) is 0.636. The van der Waals surface area contributed by atoms with E-state index in [4.69, 9.17) is 14.5 Å². The van der Waals surface area contributed by atoms with E-state index in [1.54, 1.807) is 17.4 Å². The Balaban J connectivity index is 1.62. The second-order valence-electron chi connectivity index (χ2n) is 6.74. The minimum Gasteiger partial charge on any atom is -0.494 e. The first-order valence-corrected chi connectivity index (χ1v) is 10.0. The normalized spacial score (nSPS) is 13.7. The summed E-state index contributed by atoms with van der Waals surface area (Å²) >= 11 is 1.53. The molecule has 0 atom stereocenters. The van der Waals surface area contributed by atoms with Crippen molar-refractivity contribution in [1.29, 1.82) is 0 Å². The molecule has 0 radical (unpaired) electrons. The van der Waals surface area contributed by atoms with Crippen molar-refractivity contribution < 1.29 is 14.3 Å². The average molecular weight is 398 g/mol. The van der Waals surface area contributed by atoms with Crippen LogP contribution in [-0.2, 0) is 20.8 Å². The Labute approximate surface area is 167 Å². The first kappa shape index (κ1) is 18.5. The molecule has 4 rings (SSSR count). The fourth-order valence-corrected chi connectivity index (χ4v) is 4.37. The number of benzene rings is 1. The average Bonchev–Trinajstić information content (AvgIpc) is 3.35. The van der Waals surface area contributed by atoms with Crippen LogP contribution >= 0.6 is 11.3 Å². The molecule has 3 aromatic rings. The molecule has 0 saturated carbocycles. The number of rotatable bonds is 6. The number of nitrogens with zero attached hydrogens (tertiary/aromatic N) is 4. The molecule has 0 unspecified atom stereocenters. The van der Waals surface area contributed by atoms with Crippen molar-refractivity contribution in [2.45, 2.75) is 26.8 Å². The highest BCUT2D eigenvalue weighted by Crippen LogP contribution is 2.32. The van der Waals surface area contributed by atoms with Gasteiger partial charge in [0.15, 0.2) is 5.13 Å². The van der Waals surface area contributed by atoms with Gasteiger partial charge in [0, 0.05) is 25.5 Å². The van der Waals surface area contributed by atoms with Crippen molar-refractivity contribution in [3.05, 3.63) is 54.0 Å². The van der Waals surface area contributed by atoms with Gasteiger partial charge in [-0.05, 0) is 37.5 Å². The molecular weight excluding hydrogens is 376 g/mol. The summed E-state index contributed by atoms with van der Waals surface area (Å²) in [6.45, 7) is 6.23. The number of hydrogen-bond donors (Lipinski definition) is 0. The van der Waals surface area contributed by atoms with E-state index in [1.165, 1.54) is 23.2 Å². The highest BCUT2D eigenvalue weighted by atomic mass is 32.1. The lowest BCUT2D eigenvalue weighted by molar-refractivity contribution is -0.119. The molecule has 0 N–H and O–H groups in total. The first-order chi connectivity index (χ1) is 13.6. The van der Waals surface area contributed by atoms with Crippen LogP contribution < -0.4 is 4.90 Å². The number of aromatic nitrogens is 3. The summed E-state index contributed by atoms with van der Waals surface area (Å²) in [6.07, 6.45) is 7.61. The molecule has 3 heterocycles. The lowest BCUT2D eigenvalue weighted by atomic mass is 10.1. The zero-order valence-electron chi connectivity index (χ0n) is 15.9. The minimum absolute atomic E-state index is 0.223. The van der Waals surface area contributed by atoms with Gasteiger partial charge in [-0.3, -0.25) is 9.69 Å². The van der Waals surface area contributed by atoms with Gasteiger partial charge < -0.3 is 14.0 Å². The summed E-state index contributed by atoms with van der Waals surface area (Å²) in [5.41, 5.74) is 3.23. The number of carbonyl (C=O) groups excluding carboxylic acids is 1. The van der Waals surface area contributed by atoms with E-state index < -0.39 is 0 Å². The SMILES string of the molecule is Cc1cc(C)c2nc(N(CCCn3ccnc3)C(=O)C3=COCCO3)sc2c1. The monoisotopic (exact) mass is 398 g/mol. The molecule has 146 valence electrons. The van der Waals surface area contributed by atoms with Crippen molar-refractivity contribution in [2.24, 2.45) is 0 Å². The molecule has 0 fully saturated rings. The number of carbonyl (C=O) groups is 1. The van der Waals surface area contributed by atoms with Crippen LogP contribution in [0.2, 0.25) is 0 Å². The zero-order valence-corrected chi connectivity index (χ0v) is 16.7. The molecule has 0 aliphatic carbocycles. The van der Waals surface area contributed by atoms with Gasteiger partial charge in [0.1, 0.15) is 19.5 Å². The fraction of sp³-hybridized carbons (Fsp3) is 0.350. The van der Waals surface area contributed by atoms with Gasteiger partial charge in [0.2, 0.25) is 5.76 Å². The summed E-state index contributed by atoms with van der Waals surface area (Å²) < 4.78 is 13.9. The highest BCUT2D eigenvalue weighted by molar-refractivity contribution is 7.22. The van der Waals surface area contributed by atoms with E-state index in [0.29, 0.717) is 24.9 Å². The van der Waals surface area contributed by atoms with Gasteiger partial charge in [-0.15, -0.1) is 0 Å². The van der Waals surface area contributed by atoms with E-state index in [-0.39, 0.29) is 11.7 Å². The summed E-state index contributed by atoms with van der Waals surface area (Å²) in [5.74, 6) is -0.000184. The Hall–Kier alpha value is -2.87. The predicted molar refractivity (Wildman–Crippen MR) is 108 cm³/mol. The molecular formula is C20H22N4O3S. The van der Waals surface area contributed by atoms with E-state index >= 15 is 0 Å². The van der Waals surface area contributed by atoms with E-state index in [1.807, 2.05) is 17.7 Å². The molecule has 2 aromatic heterocycles. The van der Waals surface area contributed by atoms with Gasteiger partial charge >= 0.3 is 0 Å². The van der Waals surface area contributed by atoms with Crippen LogP contribution in [0.25, 0.3) is 10.2 Å². The Morgan fingerprint density at radius 1 is 1.32 bits per heavy atom. The number of hydrogen-bond acceptors (Lipinski definition) is 6. The molecule has 0 saturated heterocycles. The first-order valence-electron chi connectivity index (χ1n) is 9.22. The molecule has 1 aliphatic heterocycles. The van der Waals surface area contributed by atoms with Crippen molar-refractivity contribution in [2.75, 3.05) is 24.7 Å². The van der Waals surface area contributed by atoms with Crippen LogP contribution in [0.1, 0.15) is 17.5 Å². The number of thiazole rings is 1. The van der Waals surface area contributed by atoms with Crippen molar-refractivity contribution >= 4 is 32.6 Å².